The fraction of sp³-hybridized carbons (Fsp3) is 0.471. The van der Waals surface area contributed by atoms with Crippen molar-refractivity contribution in [1.29, 1.82) is 0 Å². The van der Waals surface area contributed by atoms with Crippen LogP contribution in [-0.2, 0) is 27.1 Å². The van der Waals surface area contributed by atoms with Gasteiger partial charge in [0.15, 0.2) is 0 Å². The molecule has 0 amide bonds. The SMILES string of the molecule is CC.CCOC(C)=O.COCCCOc1cc(C)c(-c2cccc3c2CCC3Oc2cc3c(cn2)CCO3)c(C)c1. The summed E-state index contributed by atoms with van der Waals surface area (Å²) in [5, 5.41) is 0. The number of ether oxygens (including phenoxy) is 5. The Morgan fingerprint density at radius 1 is 1.07 bits per heavy atom. The molecule has 3 aromatic rings. The summed E-state index contributed by atoms with van der Waals surface area (Å²) in [6, 6.07) is 12.8. The number of hydrogen-bond donors (Lipinski definition) is 0. The summed E-state index contributed by atoms with van der Waals surface area (Å²) < 4.78 is 27.5. The molecule has 7 nitrogen and oxygen atoms in total. The molecule has 0 bridgehead atoms. The second kappa shape index (κ2) is 16.0. The van der Waals surface area contributed by atoms with E-state index < -0.39 is 0 Å². The third-order valence-corrected chi connectivity index (χ3v) is 6.91. The molecule has 0 fully saturated rings. The highest BCUT2D eigenvalue weighted by Gasteiger charge is 2.28. The van der Waals surface area contributed by atoms with Crippen LogP contribution < -0.4 is 14.2 Å². The monoisotopic (exact) mass is 563 g/mol. The molecule has 0 spiro atoms. The minimum Gasteiger partial charge on any atom is -0.493 e. The smallest absolute Gasteiger partial charge is 0.302 e. The van der Waals surface area contributed by atoms with Crippen molar-refractivity contribution in [2.45, 2.75) is 73.3 Å². The number of benzene rings is 2. The van der Waals surface area contributed by atoms with Crippen molar-refractivity contribution in [2.75, 3.05) is 33.5 Å². The number of methoxy groups -OCH3 is 1. The maximum absolute atomic E-state index is 9.82. The van der Waals surface area contributed by atoms with Crippen molar-refractivity contribution < 1.29 is 28.5 Å². The predicted molar refractivity (Wildman–Crippen MR) is 162 cm³/mol. The lowest BCUT2D eigenvalue weighted by atomic mass is 9.90. The van der Waals surface area contributed by atoms with Gasteiger partial charge < -0.3 is 23.7 Å². The van der Waals surface area contributed by atoms with E-state index >= 15 is 0 Å². The van der Waals surface area contributed by atoms with Gasteiger partial charge in [0.25, 0.3) is 0 Å². The molecule has 2 heterocycles. The molecule has 0 radical (unpaired) electrons. The summed E-state index contributed by atoms with van der Waals surface area (Å²) >= 11 is 0. The second-order valence-corrected chi connectivity index (χ2v) is 9.80. The molecular weight excluding hydrogens is 518 g/mol. The summed E-state index contributed by atoms with van der Waals surface area (Å²) in [6.07, 6.45) is 5.64. The van der Waals surface area contributed by atoms with Gasteiger partial charge in [-0.25, -0.2) is 4.98 Å². The van der Waals surface area contributed by atoms with Crippen molar-refractivity contribution in [3.63, 3.8) is 0 Å². The molecule has 1 aromatic heterocycles. The van der Waals surface area contributed by atoms with Crippen LogP contribution in [0.2, 0.25) is 0 Å². The Bertz CT molecular complexity index is 1270. The molecule has 0 saturated heterocycles. The van der Waals surface area contributed by atoms with Gasteiger partial charge in [-0.2, -0.15) is 0 Å². The molecule has 41 heavy (non-hydrogen) atoms. The van der Waals surface area contributed by atoms with Crippen LogP contribution in [-0.4, -0.2) is 44.5 Å². The van der Waals surface area contributed by atoms with E-state index in [0.29, 0.717) is 25.7 Å². The first-order valence-electron chi connectivity index (χ1n) is 14.7. The number of pyridine rings is 1. The highest BCUT2D eigenvalue weighted by molar-refractivity contribution is 5.76. The van der Waals surface area contributed by atoms with E-state index in [-0.39, 0.29) is 12.1 Å². The molecule has 222 valence electrons. The number of aromatic nitrogens is 1. The van der Waals surface area contributed by atoms with Crippen molar-refractivity contribution in [3.8, 4) is 28.5 Å². The third-order valence-electron chi connectivity index (χ3n) is 6.91. The Morgan fingerprint density at radius 3 is 2.49 bits per heavy atom. The summed E-state index contributed by atoms with van der Waals surface area (Å²) in [6.45, 7) is 14.1. The van der Waals surface area contributed by atoms with Gasteiger partial charge in [0.1, 0.15) is 17.6 Å². The highest BCUT2D eigenvalue weighted by atomic mass is 16.5. The van der Waals surface area contributed by atoms with Crippen LogP contribution in [0.3, 0.4) is 0 Å². The second-order valence-electron chi connectivity index (χ2n) is 9.80. The van der Waals surface area contributed by atoms with Crippen molar-refractivity contribution in [1.82, 2.24) is 4.98 Å². The van der Waals surface area contributed by atoms with Gasteiger partial charge in [-0.3, -0.25) is 4.79 Å². The quantitative estimate of drug-likeness (QED) is 0.199. The summed E-state index contributed by atoms with van der Waals surface area (Å²) in [5.41, 5.74) is 8.84. The molecule has 0 saturated carbocycles. The standard InChI is InChI=1S/C28H31NO4.C4H8O2.C2H6/c1-18-14-21(31-12-5-11-30-3)15-19(2)28(18)24-7-4-6-23-22(24)8-9-25(23)33-27-16-26-20(17-29-27)10-13-32-26;1-3-6-4(2)5;1-2/h4,6-7,14-17,25H,5,8-13H2,1-3H3;3H2,1-2H3;1-2H3. The number of rotatable bonds is 9. The number of carbonyl (C=O) groups is 1. The van der Waals surface area contributed by atoms with Crippen LogP contribution in [0.5, 0.6) is 17.4 Å². The van der Waals surface area contributed by atoms with E-state index in [4.69, 9.17) is 18.9 Å². The van der Waals surface area contributed by atoms with E-state index in [9.17, 15) is 4.79 Å². The summed E-state index contributed by atoms with van der Waals surface area (Å²) in [4.78, 5) is 14.3. The van der Waals surface area contributed by atoms with Gasteiger partial charge in [0.05, 0.1) is 19.8 Å². The molecule has 1 aliphatic heterocycles. The molecule has 1 atom stereocenters. The van der Waals surface area contributed by atoms with E-state index in [1.807, 2.05) is 26.1 Å². The molecule has 2 aromatic carbocycles. The summed E-state index contributed by atoms with van der Waals surface area (Å²) in [5.74, 6) is 2.25. The minimum absolute atomic E-state index is 0.0101. The topological polar surface area (TPSA) is 76.1 Å². The largest absolute Gasteiger partial charge is 0.493 e. The van der Waals surface area contributed by atoms with Crippen LogP contribution in [0.1, 0.15) is 74.5 Å². The van der Waals surface area contributed by atoms with Gasteiger partial charge in [-0.15, -0.1) is 0 Å². The lowest BCUT2D eigenvalue weighted by Gasteiger charge is -2.18. The first-order chi connectivity index (χ1) is 19.9. The zero-order valence-corrected chi connectivity index (χ0v) is 25.7. The average Bonchev–Trinajstić information content (AvgIpc) is 3.59. The Labute approximate surface area is 245 Å². The van der Waals surface area contributed by atoms with Gasteiger partial charge in [-0.1, -0.05) is 32.0 Å². The van der Waals surface area contributed by atoms with Crippen LogP contribution in [0.15, 0.2) is 42.6 Å². The Kier molecular flexibility index (Phi) is 12.5. The van der Waals surface area contributed by atoms with E-state index in [0.717, 1.165) is 49.4 Å². The maximum Gasteiger partial charge on any atom is 0.302 e. The molecular formula is C34H45NO6. The normalized spacial score (nSPS) is 14.4. The fourth-order valence-electron chi connectivity index (χ4n) is 5.25. The number of hydrogen-bond acceptors (Lipinski definition) is 7. The molecule has 7 heteroatoms. The molecule has 1 unspecified atom stereocenters. The number of fused-ring (bicyclic) bond motifs is 2. The number of carbonyl (C=O) groups excluding carboxylic acids is 1. The van der Waals surface area contributed by atoms with Crippen LogP contribution in [0.4, 0.5) is 0 Å². The lowest BCUT2D eigenvalue weighted by Crippen LogP contribution is -2.05. The molecule has 0 N–H and O–H groups in total. The van der Waals surface area contributed by atoms with Crippen molar-refractivity contribution in [2.24, 2.45) is 0 Å². The van der Waals surface area contributed by atoms with Gasteiger partial charge in [0, 0.05) is 51.3 Å². The zero-order valence-electron chi connectivity index (χ0n) is 25.7. The molecule has 1 aliphatic carbocycles. The summed E-state index contributed by atoms with van der Waals surface area (Å²) in [7, 11) is 1.72. The number of aryl methyl sites for hydroxylation is 2. The van der Waals surface area contributed by atoms with Crippen molar-refractivity contribution in [3.05, 3.63) is 70.4 Å². The maximum atomic E-state index is 9.82. The van der Waals surface area contributed by atoms with Crippen molar-refractivity contribution >= 4 is 5.97 Å². The first-order valence-corrected chi connectivity index (χ1v) is 14.7. The molecule has 2 aliphatic rings. The van der Waals surface area contributed by atoms with E-state index in [1.165, 1.54) is 40.3 Å². The Balaban J connectivity index is 0.000000515. The van der Waals surface area contributed by atoms with Gasteiger partial charge in [0.2, 0.25) is 5.88 Å². The molecule has 5 rings (SSSR count). The Hall–Kier alpha value is -3.58. The van der Waals surface area contributed by atoms with E-state index in [2.05, 4.69) is 53.9 Å². The average molecular weight is 564 g/mol. The van der Waals surface area contributed by atoms with Gasteiger partial charge in [-0.05, 0) is 79.1 Å². The zero-order chi connectivity index (χ0) is 29.8. The fourth-order valence-corrected chi connectivity index (χ4v) is 5.25. The van der Waals surface area contributed by atoms with Crippen LogP contribution in [0.25, 0.3) is 11.1 Å². The van der Waals surface area contributed by atoms with E-state index in [1.54, 1.807) is 14.0 Å². The lowest BCUT2D eigenvalue weighted by molar-refractivity contribution is -0.140. The van der Waals surface area contributed by atoms with Gasteiger partial charge >= 0.3 is 5.97 Å². The Morgan fingerprint density at radius 2 is 1.83 bits per heavy atom. The number of nitrogens with zero attached hydrogens (tertiary/aromatic N) is 1. The minimum atomic E-state index is -0.211. The third kappa shape index (κ3) is 8.46. The van der Waals surface area contributed by atoms with Crippen LogP contribution in [0, 0.1) is 13.8 Å². The number of esters is 1. The van der Waals surface area contributed by atoms with Crippen LogP contribution >= 0.6 is 0 Å². The predicted octanol–water partition coefficient (Wildman–Crippen LogP) is 7.38. The highest BCUT2D eigenvalue weighted by Crippen LogP contribution is 2.42. The first kappa shape index (κ1) is 31.9.